The SMILES string of the molecule is Cc1nc(-c2ccccc2)ncc1C(=O)N1C[C@@H]2CCC[C@H]1C2. The molecule has 1 saturated heterocycles. The number of rotatable bonds is 2. The van der Waals surface area contributed by atoms with Crippen LogP contribution in [0.1, 0.15) is 41.7 Å². The maximum absolute atomic E-state index is 12.9. The van der Waals surface area contributed by atoms with E-state index in [0.29, 0.717) is 23.3 Å². The van der Waals surface area contributed by atoms with E-state index in [1.54, 1.807) is 6.20 Å². The van der Waals surface area contributed by atoms with Gasteiger partial charge in [0.15, 0.2) is 5.82 Å². The highest BCUT2D eigenvalue weighted by Gasteiger charge is 2.38. The Hall–Kier alpha value is -2.23. The fraction of sp³-hybridized carbons (Fsp3) is 0.421. The van der Waals surface area contributed by atoms with Crippen molar-refractivity contribution in [3.05, 3.63) is 47.8 Å². The smallest absolute Gasteiger partial charge is 0.257 e. The topological polar surface area (TPSA) is 46.1 Å². The molecule has 2 aromatic rings. The Labute approximate surface area is 136 Å². The fourth-order valence-corrected chi connectivity index (χ4v) is 3.95. The third-order valence-corrected chi connectivity index (χ3v) is 5.15. The Morgan fingerprint density at radius 1 is 1.22 bits per heavy atom. The van der Waals surface area contributed by atoms with Gasteiger partial charge in [-0.2, -0.15) is 0 Å². The van der Waals surface area contributed by atoms with Crippen molar-refractivity contribution in [3.8, 4) is 11.4 Å². The quantitative estimate of drug-likeness (QED) is 0.853. The van der Waals surface area contributed by atoms with Crippen LogP contribution in [-0.4, -0.2) is 33.4 Å². The Balaban J connectivity index is 1.61. The standard InChI is InChI=1S/C19H21N3O/c1-13-17(11-20-18(21-13)15-7-3-2-4-8-15)19(23)22-12-14-6-5-9-16(22)10-14/h2-4,7-8,11,14,16H,5-6,9-10,12H2,1H3/t14-,16+/m1/s1. The fourth-order valence-electron chi connectivity index (χ4n) is 3.95. The summed E-state index contributed by atoms with van der Waals surface area (Å²) in [7, 11) is 0. The first-order valence-corrected chi connectivity index (χ1v) is 8.42. The van der Waals surface area contributed by atoms with Gasteiger partial charge in [0.25, 0.3) is 5.91 Å². The molecule has 1 aliphatic heterocycles. The number of nitrogens with zero attached hydrogens (tertiary/aromatic N) is 3. The lowest BCUT2D eigenvalue weighted by atomic mass is 9.90. The summed E-state index contributed by atoms with van der Waals surface area (Å²) in [5, 5.41) is 0. The average Bonchev–Trinajstić information content (AvgIpc) is 2.89. The van der Waals surface area contributed by atoms with Gasteiger partial charge >= 0.3 is 0 Å². The van der Waals surface area contributed by atoms with Gasteiger partial charge in [0.05, 0.1) is 11.3 Å². The average molecular weight is 307 g/mol. The van der Waals surface area contributed by atoms with Crippen molar-refractivity contribution in [2.45, 2.75) is 38.6 Å². The number of hydrogen-bond acceptors (Lipinski definition) is 3. The van der Waals surface area contributed by atoms with Gasteiger partial charge in [-0.3, -0.25) is 4.79 Å². The molecule has 0 radical (unpaired) electrons. The maximum atomic E-state index is 12.9. The summed E-state index contributed by atoms with van der Waals surface area (Å²) < 4.78 is 0. The van der Waals surface area contributed by atoms with E-state index >= 15 is 0 Å². The zero-order valence-electron chi connectivity index (χ0n) is 13.4. The van der Waals surface area contributed by atoms with E-state index in [4.69, 9.17) is 0 Å². The van der Waals surface area contributed by atoms with Crippen molar-refractivity contribution >= 4 is 5.91 Å². The molecule has 0 N–H and O–H groups in total. The summed E-state index contributed by atoms with van der Waals surface area (Å²) in [6.07, 6.45) is 6.54. The van der Waals surface area contributed by atoms with Crippen LogP contribution in [-0.2, 0) is 0 Å². The van der Waals surface area contributed by atoms with E-state index in [2.05, 4.69) is 14.9 Å². The molecule has 4 heteroatoms. The number of aryl methyl sites for hydroxylation is 1. The number of carbonyl (C=O) groups is 1. The molecule has 2 bridgehead atoms. The summed E-state index contributed by atoms with van der Waals surface area (Å²) in [6, 6.07) is 10.3. The minimum Gasteiger partial charge on any atom is -0.335 e. The van der Waals surface area contributed by atoms with Crippen LogP contribution in [0.5, 0.6) is 0 Å². The highest BCUT2D eigenvalue weighted by atomic mass is 16.2. The Morgan fingerprint density at radius 3 is 2.78 bits per heavy atom. The van der Waals surface area contributed by atoms with Crippen molar-refractivity contribution in [2.75, 3.05) is 6.54 Å². The van der Waals surface area contributed by atoms with Gasteiger partial charge in [0.1, 0.15) is 0 Å². The molecular formula is C19H21N3O. The molecular weight excluding hydrogens is 286 g/mol. The molecule has 2 aliphatic rings. The number of amides is 1. The third-order valence-electron chi connectivity index (χ3n) is 5.15. The molecule has 4 rings (SSSR count). The van der Waals surface area contributed by atoms with Gasteiger partial charge in [0.2, 0.25) is 0 Å². The van der Waals surface area contributed by atoms with Crippen molar-refractivity contribution in [3.63, 3.8) is 0 Å². The summed E-state index contributed by atoms with van der Waals surface area (Å²) in [6.45, 7) is 2.81. The number of benzene rings is 1. The Morgan fingerprint density at radius 2 is 2.04 bits per heavy atom. The zero-order chi connectivity index (χ0) is 15.8. The molecule has 1 aromatic heterocycles. The van der Waals surface area contributed by atoms with E-state index in [9.17, 15) is 4.79 Å². The minimum absolute atomic E-state index is 0.108. The number of aromatic nitrogens is 2. The minimum atomic E-state index is 0.108. The van der Waals surface area contributed by atoms with Crippen LogP contribution in [0.3, 0.4) is 0 Å². The van der Waals surface area contributed by atoms with Gasteiger partial charge in [0, 0.05) is 24.3 Å². The van der Waals surface area contributed by atoms with E-state index < -0.39 is 0 Å². The third kappa shape index (κ3) is 2.62. The first kappa shape index (κ1) is 14.4. The second-order valence-electron chi connectivity index (χ2n) is 6.70. The lowest BCUT2D eigenvalue weighted by molar-refractivity contribution is 0.0731. The molecule has 1 saturated carbocycles. The second kappa shape index (κ2) is 5.76. The summed E-state index contributed by atoms with van der Waals surface area (Å²) in [5.74, 6) is 1.49. The molecule has 4 nitrogen and oxygen atoms in total. The van der Waals surface area contributed by atoms with Crippen LogP contribution < -0.4 is 0 Å². The lowest BCUT2D eigenvalue weighted by Gasteiger charge is -2.25. The van der Waals surface area contributed by atoms with Crippen LogP contribution in [0.4, 0.5) is 0 Å². The summed E-state index contributed by atoms with van der Waals surface area (Å²) >= 11 is 0. The largest absolute Gasteiger partial charge is 0.335 e. The van der Waals surface area contributed by atoms with Gasteiger partial charge in [-0.15, -0.1) is 0 Å². The molecule has 1 amide bonds. The normalized spacial score (nSPS) is 23.1. The van der Waals surface area contributed by atoms with Crippen LogP contribution in [0, 0.1) is 12.8 Å². The number of hydrogen-bond donors (Lipinski definition) is 0. The molecule has 2 heterocycles. The second-order valence-corrected chi connectivity index (χ2v) is 6.70. The van der Waals surface area contributed by atoms with E-state index in [-0.39, 0.29) is 5.91 Å². The highest BCUT2D eigenvalue weighted by molar-refractivity contribution is 5.95. The van der Waals surface area contributed by atoms with Gasteiger partial charge < -0.3 is 4.90 Å². The first-order valence-electron chi connectivity index (χ1n) is 8.42. The van der Waals surface area contributed by atoms with E-state index in [1.807, 2.05) is 37.3 Å². The monoisotopic (exact) mass is 307 g/mol. The van der Waals surface area contributed by atoms with Crippen molar-refractivity contribution in [2.24, 2.45) is 5.92 Å². The molecule has 1 aliphatic carbocycles. The zero-order valence-corrected chi connectivity index (χ0v) is 13.4. The van der Waals surface area contributed by atoms with Crippen molar-refractivity contribution < 1.29 is 4.79 Å². The number of carbonyl (C=O) groups excluding carboxylic acids is 1. The van der Waals surface area contributed by atoms with Crippen LogP contribution >= 0.6 is 0 Å². The Kier molecular flexibility index (Phi) is 3.60. The van der Waals surface area contributed by atoms with Gasteiger partial charge in [-0.05, 0) is 32.1 Å². The number of fused-ring (bicyclic) bond motifs is 2. The maximum Gasteiger partial charge on any atom is 0.257 e. The summed E-state index contributed by atoms with van der Waals surface area (Å²) in [4.78, 5) is 24.0. The van der Waals surface area contributed by atoms with Crippen molar-refractivity contribution in [1.82, 2.24) is 14.9 Å². The predicted molar refractivity (Wildman–Crippen MR) is 89.0 cm³/mol. The predicted octanol–water partition coefficient (Wildman–Crippen LogP) is 3.47. The molecule has 0 spiro atoms. The van der Waals surface area contributed by atoms with E-state index in [1.165, 1.54) is 19.3 Å². The highest BCUT2D eigenvalue weighted by Crippen LogP contribution is 2.36. The Bertz CT molecular complexity index is 729. The lowest BCUT2D eigenvalue weighted by Crippen LogP contribution is -2.35. The van der Waals surface area contributed by atoms with Crippen LogP contribution in [0.25, 0.3) is 11.4 Å². The summed E-state index contributed by atoms with van der Waals surface area (Å²) in [5.41, 5.74) is 2.40. The van der Waals surface area contributed by atoms with Gasteiger partial charge in [-0.1, -0.05) is 36.8 Å². The molecule has 2 atom stereocenters. The molecule has 118 valence electrons. The van der Waals surface area contributed by atoms with E-state index in [0.717, 1.165) is 24.2 Å². The molecule has 1 aromatic carbocycles. The molecule has 0 unspecified atom stereocenters. The molecule has 23 heavy (non-hydrogen) atoms. The van der Waals surface area contributed by atoms with Crippen molar-refractivity contribution in [1.29, 1.82) is 0 Å². The van der Waals surface area contributed by atoms with Crippen LogP contribution in [0.2, 0.25) is 0 Å². The molecule has 2 fully saturated rings. The van der Waals surface area contributed by atoms with Gasteiger partial charge in [-0.25, -0.2) is 9.97 Å². The first-order chi connectivity index (χ1) is 11.2. The van der Waals surface area contributed by atoms with Crippen LogP contribution in [0.15, 0.2) is 36.5 Å². The number of likely N-dealkylation sites (tertiary alicyclic amines) is 1.